The standard InChI is InChI=1S/C26H44O/c1-5-25(2,3)18-11-7-6-10-16-23-22(15-13-17-24(23)27)14-9-8-12-19-26(4)20-21-26/h13,15,17,27H,5-12,14,16,18-21H2,1-4H3. The molecule has 2 rings (SSSR count). The lowest BCUT2D eigenvalue weighted by atomic mass is 9.84. The van der Waals surface area contributed by atoms with Crippen LogP contribution in [0.25, 0.3) is 0 Å². The van der Waals surface area contributed by atoms with Gasteiger partial charge in [-0.05, 0) is 79.4 Å². The Hall–Kier alpha value is -0.980. The topological polar surface area (TPSA) is 20.2 Å². The van der Waals surface area contributed by atoms with E-state index in [1.807, 2.05) is 12.1 Å². The van der Waals surface area contributed by atoms with Gasteiger partial charge in [0.15, 0.2) is 0 Å². The monoisotopic (exact) mass is 372 g/mol. The average molecular weight is 373 g/mol. The molecule has 1 saturated carbocycles. The van der Waals surface area contributed by atoms with E-state index in [1.54, 1.807) is 0 Å². The average Bonchev–Trinajstić information content (AvgIpc) is 3.36. The van der Waals surface area contributed by atoms with Gasteiger partial charge in [0.1, 0.15) is 5.75 Å². The van der Waals surface area contributed by atoms with Gasteiger partial charge < -0.3 is 5.11 Å². The number of aromatic hydroxyl groups is 1. The van der Waals surface area contributed by atoms with E-state index in [1.165, 1.54) is 88.2 Å². The van der Waals surface area contributed by atoms with Crippen LogP contribution in [0.2, 0.25) is 0 Å². The van der Waals surface area contributed by atoms with Gasteiger partial charge in [0.25, 0.3) is 0 Å². The van der Waals surface area contributed by atoms with Crippen molar-refractivity contribution in [1.82, 2.24) is 0 Å². The summed E-state index contributed by atoms with van der Waals surface area (Å²) in [6, 6.07) is 6.13. The lowest BCUT2D eigenvalue weighted by Gasteiger charge is -2.22. The van der Waals surface area contributed by atoms with Gasteiger partial charge >= 0.3 is 0 Å². The highest BCUT2D eigenvalue weighted by atomic mass is 16.3. The van der Waals surface area contributed by atoms with Crippen LogP contribution in [-0.2, 0) is 12.8 Å². The third-order valence-corrected chi connectivity index (χ3v) is 7.07. The molecular weight excluding hydrogens is 328 g/mol. The molecule has 0 aromatic heterocycles. The summed E-state index contributed by atoms with van der Waals surface area (Å²) < 4.78 is 0. The first-order valence-corrected chi connectivity index (χ1v) is 11.6. The lowest BCUT2D eigenvalue weighted by molar-refractivity contribution is 0.307. The zero-order chi connectivity index (χ0) is 19.8. The molecule has 1 aliphatic carbocycles. The molecule has 0 bridgehead atoms. The maximum Gasteiger partial charge on any atom is 0.119 e. The molecule has 0 saturated heterocycles. The fourth-order valence-electron chi connectivity index (χ4n) is 4.09. The Morgan fingerprint density at radius 3 is 2.30 bits per heavy atom. The van der Waals surface area contributed by atoms with Crippen LogP contribution in [0, 0.1) is 10.8 Å². The van der Waals surface area contributed by atoms with Gasteiger partial charge in [0, 0.05) is 0 Å². The SMILES string of the molecule is CCC(C)(C)CCCCCCc1c(O)cccc1CCCCCC1(C)CC1. The predicted octanol–water partition coefficient (Wildman–Crippen LogP) is 8.22. The molecule has 0 amide bonds. The van der Waals surface area contributed by atoms with E-state index < -0.39 is 0 Å². The number of aryl methyl sites for hydroxylation is 1. The molecule has 1 aromatic carbocycles. The van der Waals surface area contributed by atoms with Crippen molar-refractivity contribution in [1.29, 1.82) is 0 Å². The highest BCUT2D eigenvalue weighted by Gasteiger charge is 2.35. The summed E-state index contributed by atoms with van der Waals surface area (Å²) in [6.07, 6.45) is 18.2. The summed E-state index contributed by atoms with van der Waals surface area (Å²) >= 11 is 0. The van der Waals surface area contributed by atoms with Gasteiger partial charge in [-0.3, -0.25) is 0 Å². The fourth-order valence-corrected chi connectivity index (χ4v) is 4.09. The Morgan fingerprint density at radius 1 is 0.926 bits per heavy atom. The van der Waals surface area contributed by atoms with Crippen molar-refractivity contribution in [3.63, 3.8) is 0 Å². The molecule has 154 valence electrons. The number of hydrogen-bond acceptors (Lipinski definition) is 1. The molecule has 0 heterocycles. The third-order valence-electron chi connectivity index (χ3n) is 7.07. The quantitative estimate of drug-likeness (QED) is 0.326. The molecule has 1 aliphatic rings. The van der Waals surface area contributed by atoms with E-state index in [0.29, 0.717) is 16.6 Å². The smallest absolute Gasteiger partial charge is 0.119 e. The van der Waals surface area contributed by atoms with Crippen molar-refractivity contribution in [3.05, 3.63) is 29.3 Å². The van der Waals surface area contributed by atoms with Gasteiger partial charge in [-0.15, -0.1) is 0 Å². The van der Waals surface area contributed by atoms with E-state index >= 15 is 0 Å². The van der Waals surface area contributed by atoms with Crippen LogP contribution in [0.15, 0.2) is 18.2 Å². The summed E-state index contributed by atoms with van der Waals surface area (Å²) in [5.41, 5.74) is 3.81. The van der Waals surface area contributed by atoms with Crippen LogP contribution in [0.1, 0.15) is 116 Å². The molecule has 1 heteroatoms. The highest BCUT2D eigenvalue weighted by molar-refractivity contribution is 5.39. The van der Waals surface area contributed by atoms with Gasteiger partial charge in [-0.25, -0.2) is 0 Å². The number of hydrogen-bond donors (Lipinski definition) is 1. The molecule has 27 heavy (non-hydrogen) atoms. The first-order chi connectivity index (χ1) is 12.9. The molecule has 0 aliphatic heterocycles. The molecule has 0 radical (unpaired) electrons. The van der Waals surface area contributed by atoms with Gasteiger partial charge in [0.2, 0.25) is 0 Å². The Morgan fingerprint density at radius 2 is 1.59 bits per heavy atom. The zero-order valence-corrected chi connectivity index (χ0v) is 18.6. The first-order valence-electron chi connectivity index (χ1n) is 11.6. The minimum absolute atomic E-state index is 0.502. The highest BCUT2D eigenvalue weighted by Crippen LogP contribution is 2.49. The van der Waals surface area contributed by atoms with Crippen LogP contribution in [0.4, 0.5) is 0 Å². The van der Waals surface area contributed by atoms with Crippen molar-refractivity contribution in [2.75, 3.05) is 0 Å². The van der Waals surface area contributed by atoms with Crippen LogP contribution < -0.4 is 0 Å². The molecule has 0 atom stereocenters. The normalized spacial score (nSPS) is 15.9. The van der Waals surface area contributed by atoms with E-state index in [0.717, 1.165) is 12.8 Å². The Bertz CT molecular complexity index is 553. The van der Waals surface area contributed by atoms with Gasteiger partial charge in [-0.1, -0.05) is 78.4 Å². The van der Waals surface area contributed by atoms with Gasteiger partial charge in [0.05, 0.1) is 0 Å². The lowest BCUT2D eigenvalue weighted by Crippen LogP contribution is -2.08. The van der Waals surface area contributed by atoms with Crippen molar-refractivity contribution < 1.29 is 5.11 Å². The molecule has 1 nitrogen and oxygen atoms in total. The van der Waals surface area contributed by atoms with Crippen molar-refractivity contribution in [2.45, 2.75) is 118 Å². The summed E-state index contributed by atoms with van der Waals surface area (Å²) in [7, 11) is 0. The summed E-state index contributed by atoms with van der Waals surface area (Å²) in [5.74, 6) is 0.519. The molecule has 0 unspecified atom stereocenters. The number of phenolic OH excluding ortho intramolecular Hbond substituents is 1. The minimum atomic E-state index is 0.502. The third kappa shape index (κ3) is 8.28. The molecular formula is C26H44O. The summed E-state index contributed by atoms with van der Waals surface area (Å²) in [6.45, 7) is 9.49. The van der Waals surface area contributed by atoms with Crippen molar-refractivity contribution in [2.24, 2.45) is 10.8 Å². The number of rotatable bonds is 14. The van der Waals surface area contributed by atoms with Crippen LogP contribution >= 0.6 is 0 Å². The number of phenols is 1. The van der Waals surface area contributed by atoms with Crippen LogP contribution in [-0.4, -0.2) is 5.11 Å². The zero-order valence-electron chi connectivity index (χ0n) is 18.6. The Labute approximate surface area is 169 Å². The van der Waals surface area contributed by atoms with Crippen molar-refractivity contribution >= 4 is 0 Å². The summed E-state index contributed by atoms with van der Waals surface area (Å²) in [5, 5.41) is 10.4. The van der Waals surface area contributed by atoms with Gasteiger partial charge in [-0.2, -0.15) is 0 Å². The van der Waals surface area contributed by atoms with Crippen LogP contribution in [0.5, 0.6) is 5.75 Å². The molecule has 1 aromatic rings. The maximum absolute atomic E-state index is 10.4. The van der Waals surface area contributed by atoms with E-state index in [2.05, 4.69) is 33.8 Å². The second kappa shape index (κ2) is 10.5. The Kier molecular flexibility index (Phi) is 8.70. The second-order valence-electron chi connectivity index (χ2n) is 10.2. The van der Waals surface area contributed by atoms with Crippen molar-refractivity contribution in [3.8, 4) is 5.75 Å². The van der Waals surface area contributed by atoms with Crippen LogP contribution in [0.3, 0.4) is 0 Å². The second-order valence-corrected chi connectivity index (χ2v) is 10.2. The summed E-state index contributed by atoms with van der Waals surface area (Å²) in [4.78, 5) is 0. The number of benzene rings is 1. The molecule has 1 N–H and O–H groups in total. The Balaban J connectivity index is 1.67. The number of unbranched alkanes of at least 4 members (excludes halogenated alkanes) is 5. The van der Waals surface area contributed by atoms with E-state index in [9.17, 15) is 5.11 Å². The maximum atomic E-state index is 10.4. The largest absolute Gasteiger partial charge is 0.508 e. The predicted molar refractivity (Wildman–Crippen MR) is 118 cm³/mol. The first kappa shape index (κ1) is 22.3. The van der Waals surface area contributed by atoms with E-state index in [4.69, 9.17) is 0 Å². The molecule has 1 fully saturated rings. The van der Waals surface area contributed by atoms with E-state index in [-0.39, 0.29) is 0 Å². The minimum Gasteiger partial charge on any atom is -0.508 e. The fraction of sp³-hybridized carbons (Fsp3) is 0.769. The molecule has 0 spiro atoms.